The van der Waals surface area contributed by atoms with E-state index in [4.69, 9.17) is 16.3 Å². The third-order valence-corrected chi connectivity index (χ3v) is 2.76. The Balaban J connectivity index is 2.36. The van der Waals surface area contributed by atoms with Crippen LogP contribution >= 0.6 is 11.6 Å². The van der Waals surface area contributed by atoms with Crippen LogP contribution in [0.5, 0.6) is 0 Å². The summed E-state index contributed by atoms with van der Waals surface area (Å²) in [4.78, 5) is 0. The van der Waals surface area contributed by atoms with Crippen LogP contribution < -0.4 is 0 Å². The monoisotopic (exact) mass is 208 g/mol. The molecule has 0 N–H and O–H groups in total. The molecular weight excluding hydrogens is 196 g/mol. The number of hydrogen-bond acceptors (Lipinski definition) is 1. The maximum absolute atomic E-state index is 5.96. The van der Waals surface area contributed by atoms with Gasteiger partial charge in [-0.1, -0.05) is 23.7 Å². The number of fused-ring (bicyclic) bond motifs is 1. The van der Waals surface area contributed by atoms with Crippen LogP contribution in [0.15, 0.2) is 30.9 Å². The Morgan fingerprint density at radius 3 is 3.21 bits per heavy atom. The Kier molecular flexibility index (Phi) is 2.90. The van der Waals surface area contributed by atoms with Crippen LogP contribution in [0.1, 0.15) is 23.7 Å². The second-order valence-corrected chi connectivity index (χ2v) is 3.91. The van der Waals surface area contributed by atoms with E-state index in [1.165, 1.54) is 11.1 Å². The van der Waals surface area contributed by atoms with E-state index < -0.39 is 0 Å². The van der Waals surface area contributed by atoms with Crippen molar-refractivity contribution < 1.29 is 4.74 Å². The topological polar surface area (TPSA) is 9.23 Å². The first kappa shape index (κ1) is 9.75. The fourth-order valence-electron chi connectivity index (χ4n) is 1.84. The summed E-state index contributed by atoms with van der Waals surface area (Å²) < 4.78 is 5.67. The van der Waals surface area contributed by atoms with Crippen LogP contribution in [-0.2, 0) is 11.2 Å². The van der Waals surface area contributed by atoms with E-state index in [1.807, 2.05) is 18.2 Å². The fraction of sp³-hybridized carbons (Fsp3) is 0.333. The summed E-state index contributed by atoms with van der Waals surface area (Å²) in [5.74, 6) is 0. The highest BCUT2D eigenvalue weighted by Gasteiger charge is 2.19. The maximum Gasteiger partial charge on any atom is 0.0862 e. The molecule has 74 valence electrons. The quantitative estimate of drug-likeness (QED) is 0.676. The summed E-state index contributed by atoms with van der Waals surface area (Å²) in [6.45, 7) is 4.54. The standard InChI is InChI=1S/C12H13ClO/c1-2-3-12-11-8-10(13)5-4-9(11)6-7-14-12/h2,4-5,8,12H,1,3,6-7H2. The molecule has 0 spiro atoms. The summed E-state index contributed by atoms with van der Waals surface area (Å²) in [6, 6.07) is 6.04. The van der Waals surface area contributed by atoms with Gasteiger partial charge in [-0.15, -0.1) is 6.58 Å². The minimum Gasteiger partial charge on any atom is -0.373 e. The first-order chi connectivity index (χ1) is 6.81. The fourth-order valence-corrected chi connectivity index (χ4v) is 2.02. The minimum absolute atomic E-state index is 0.148. The van der Waals surface area contributed by atoms with Crippen molar-refractivity contribution in [2.75, 3.05) is 6.61 Å². The average Bonchev–Trinajstić information content (AvgIpc) is 2.19. The molecule has 0 fully saturated rings. The van der Waals surface area contributed by atoms with Crippen molar-refractivity contribution >= 4 is 11.6 Å². The number of ether oxygens (including phenoxy) is 1. The zero-order valence-electron chi connectivity index (χ0n) is 8.00. The average molecular weight is 209 g/mol. The van der Waals surface area contributed by atoms with Gasteiger partial charge in [0, 0.05) is 5.02 Å². The Morgan fingerprint density at radius 2 is 2.43 bits per heavy atom. The molecule has 0 aliphatic carbocycles. The van der Waals surface area contributed by atoms with Crippen molar-refractivity contribution in [1.82, 2.24) is 0 Å². The lowest BCUT2D eigenvalue weighted by Crippen LogP contribution is -2.15. The van der Waals surface area contributed by atoms with Crippen LogP contribution in [0.3, 0.4) is 0 Å². The SMILES string of the molecule is C=CCC1OCCc2ccc(Cl)cc21. The van der Waals surface area contributed by atoms with Gasteiger partial charge < -0.3 is 4.74 Å². The molecule has 0 radical (unpaired) electrons. The van der Waals surface area contributed by atoms with Crippen molar-refractivity contribution in [3.05, 3.63) is 47.0 Å². The van der Waals surface area contributed by atoms with Gasteiger partial charge in [-0.25, -0.2) is 0 Å². The maximum atomic E-state index is 5.96. The van der Waals surface area contributed by atoms with Gasteiger partial charge in [-0.3, -0.25) is 0 Å². The molecule has 0 aromatic heterocycles. The molecule has 0 bridgehead atoms. The van der Waals surface area contributed by atoms with Gasteiger partial charge >= 0.3 is 0 Å². The number of rotatable bonds is 2. The van der Waals surface area contributed by atoms with E-state index in [-0.39, 0.29) is 6.10 Å². The number of hydrogen-bond donors (Lipinski definition) is 0. The first-order valence-electron chi connectivity index (χ1n) is 4.82. The molecular formula is C12H13ClO. The minimum atomic E-state index is 0.148. The third-order valence-electron chi connectivity index (χ3n) is 2.53. The van der Waals surface area contributed by atoms with Crippen molar-refractivity contribution in [3.63, 3.8) is 0 Å². The van der Waals surface area contributed by atoms with Gasteiger partial charge in [0.1, 0.15) is 0 Å². The van der Waals surface area contributed by atoms with Crippen LogP contribution in [-0.4, -0.2) is 6.61 Å². The summed E-state index contributed by atoms with van der Waals surface area (Å²) in [6.07, 6.45) is 3.88. The highest BCUT2D eigenvalue weighted by molar-refractivity contribution is 6.30. The molecule has 2 heteroatoms. The van der Waals surface area contributed by atoms with Crippen molar-refractivity contribution in [2.24, 2.45) is 0 Å². The van der Waals surface area contributed by atoms with Crippen molar-refractivity contribution in [3.8, 4) is 0 Å². The molecule has 0 saturated heterocycles. The molecule has 2 rings (SSSR count). The Hall–Kier alpha value is -0.790. The lowest BCUT2D eigenvalue weighted by Gasteiger charge is -2.25. The molecule has 14 heavy (non-hydrogen) atoms. The molecule has 1 heterocycles. The predicted octanol–water partition coefficient (Wildman–Crippen LogP) is 3.53. The third kappa shape index (κ3) is 1.84. The molecule has 1 aromatic carbocycles. The van der Waals surface area contributed by atoms with Crippen LogP contribution in [0.4, 0.5) is 0 Å². The van der Waals surface area contributed by atoms with Gasteiger partial charge in [-0.2, -0.15) is 0 Å². The lowest BCUT2D eigenvalue weighted by atomic mass is 9.96. The van der Waals surface area contributed by atoms with Gasteiger partial charge in [0.25, 0.3) is 0 Å². The highest BCUT2D eigenvalue weighted by atomic mass is 35.5. The largest absolute Gasteiger partial charge is 0.373 e. The first-order valence-corrected chi connectivity index (χ1v) is 5.20. The Morgan fingerprint density at radius 1 is 1.57 bits per heavy atom. The summed E-state index contributed by atoms with van der Waals surface area (Å²) >= 11 is 5.96. The van der Waals surface area contributed by atoms with Crippen LogP contribution in [0.2, 0.25) is 5.02 Å². The summed E-state index contributed by atoms with van der Waals surface area (Å²) in [5, 5.41) is 0.781. The van der Waals surface area contributed by atoms with E-state index in [9.17, 15) is 0 Å². The summed E-state index contributed by atoms with van der Waals surface area (Å²) in [7, 11) is 0. The molecule has 1 aliphatic rings. The zero-order valence-corrected chi connectivity index (χ0v) is 8.76. The van der Waals surface area contributed by atoms with Crippen LogP contribution in [0.25, 0.3) is 0 Å². The van der Waals surface area contributed by atoms with Crippen LogP contribution in [0, 0.1) is 0 Å². The number of halogens is 1. The van der Waals surface area contributed by atoms with E-state index in [0.29, 0.717) is 0 Å². The van der Waals surface area contributed by atoms with Gasteiger partial charge in [-0.05, 0) is 36.1 Å². The Labute approximate surface area is 89.3 Å². The van der Waals surface area contributed by atoms with Crippen molar-refractivity contribution in [2.45, 2.75) is 18.9 Å². The molecule has 1 aliphatic heterocycles. The van der Waals surface area contributed by atoms with Crippen molar-refractivity contribution in [1.29, 1.82) is 0 Å². The van der Waals surface area contributed by atoms with Gasteiger partial charge in [0.15, 0.2) is 0 Å². The lowest BCUT2D eigenvalue weighted by molar-refractivity contribution is 0.0446. The molecule has 1 nitrogen and oxygen atoms in total. The number of benzene rings is 1. The van der Waals surface area contributed by atoms with Gasteiger partial charge in [0.05, 0.1) is 12.7 Å². The molecule has 0 saturated carbocycles. The molecule has 1 unspecified atom stereocenters. The highest BCUT2D eigenvalue weighted by Crippen LogP contribution is 2.31. The van der Waals surface area contributed by atoms with E-state index >= 15 is 0 Å². The van der Waals surface area contributed by atoms with E-state index in [2.05, 4.69) is 12.6 Å². The van der Waals surface area contributed by atoms with Gasteiger partial charge in [0.2, 0.25) is 0 Å². The molecule has 0 amide bonds. The second kappa shape index (κ2) is 4.16. The Bertz CT molecular complexity index is 346. The predicted molar refractivity (Wildman–Crippen MR) is 58.7 cm³/mol. The zero-order chi connectivity index (χ0) is 9.97. The smallest absolute Gasteiger partial charge is 0.0862 e. The van der Waals surface area contributed by atoms with E-state index in [1.54, 1.807) is 0 Å². The summed E-state index contributed by atoms with van der Waals surface area (Å²) in [5.41, 5.74) is 2.58. The second-order valence-electron chi connectivity index (χ2n) is 3.48. The molecule has 1 aromatic rings. The normalized spacial score (nSPS) is 20.2. The van der Waals surface area contributed by atoms with E-state index in [0.717, 1.165) is 24.5 Å². The molecule has 1 atom stereocenters.